The molecule has 0 atom stereocenters. The van der Waals surface area contributed by atoms with Gasteiger partial charge in [-0.05, 0) is 34.7 Å². The van der Waals surface area contributed by atoms with Crippen molar-refractivity contribution in [2.45, 2.75) is 0 Å². The molecule has 0 fully saturated rings. The quantitative estimate of drug-likeness (QED) is 0.674. The van der Waals surface area contributed by atoms with Crippen molar-refractivity contribution in [3.05, 3.63) is 27.7 Å². The predicted molar refractivity (Wildman–Crippen MR) is 56.7 cm³/mol. The second-order valence-electron chi connectivity index (χ2n) is 2.28. The van der Waals surface area contributed by atoms with Crippen LogP contribution in [0.4, 0.5) is 4.39 Å². The molecule has 2 aromatic rings. The summed E-state index contributed by atoms with van der Waals surface area (Å²) < 4.78 is 15.3. The smallest absolute Gasteiger partial charge is 0.135 e. The fourth-order valence-electron chi connectivity index (χ4n) is 1.05. The third-order valence-corrected chi connectivity index (χ3v) is 2.87. The van der Waals surface area contributed by atoms with Crippen LogP contribution in [0, 0.1) is 9.52 Å². The average Bonchev–Trinajstić information content (AvgIpc) is 2.29. The minimum Gasteiger partial charge on any atom is -0.206 e. The third kappa shape index (κ3) is 1.15. The van der Waals surface area contributed by atoms with Crippen molar-refractivity contribution in [2.75, 3.05) is 0 Å². The zero-order valence-corrected chi connectivity index (χ0v) is 9.50. The molecule has 0 unspecified atom stereocenters. The first kappa shape index (κ1) is 8.43. The van der Waals surface area contributed by atoms with Gasteiger partial charge in [-0.2, -0.15) is 8.81 Å². The van der Waals surface area contributed by atoms with Crippen LogP contribution in [-0.4, -0.2) is 8.81 Å². The lowest BCUT2D eigenvalue weighted by Gasteiger charge is -1.91. The summed E-state index contributed by atoms with van der Waals surface area (Å²) in [4.78, 5) is 0. The van der Waals surface area contributed by atoms with E-state index in [0.29, 0.717) is 9.09 Å². The average molecular weight is 341 g/mol. The lowest BCUT2D eigenvalue weighted by atomic mass is 10.2. The number of hydrogen-bond acceptors (Lipinski definition) is 1. The normalized spacial score (nSPS) is 10.9. The summed E-state index contributed by atoms with van der Waals surface area (Å²) in [5, 5.41) is 4.60. The number of rotatable bonds is 0. The van der Waals surface area contributed by atoms with Gasteiger partial charge in [-0.15, -0.1) is 0 Å². The van der Waals surface area contributed by atoms with Crippen molar-refractivity contribution in [2.24, 2.45) is 0 Å². The SMILES string of the molecule is Fc1cccc2c1c(I)nn2Br. The van der Waals surface area contributed by atoms with E-state index in [9.17, 15) is 4.39 Å². The van der Waals surface area contributed by atoms with Gasteiger partial charge >= 0.3 is 0 Å². The van der Waals surface area contributed by atoms with Crippen LogP contribution in [0.3, 0.4) is 0 Å². The number of benzene rings is 1. The molecule has 2 nitrogen and oxygen atoms in total. The second-order valence-corrected chi connectivity index (χ2v) is 3.98. The van der Waals surface area contributed by atoms with E-state index in [2.05, 4.69) is 21.2 Å². The predicted octanol–water partition coefficient (Wildman–Crippen LogP) is 2.94. The van der Waals surface area contributed by atoms with Gasteiger partial charge < -0.3 is 0 Å². The number of fused-ring (bicyclic) bond motifs is 1. The van der Waals surface area contributed by atoms with E-state index in [1.165, 1.54) is 9.77 Å². The lowest BCUT2D eigenvalue weighted by Crippen LogP contribution is -1.79. The fourth-order valence-corrected chi connectivity index (χ4v) is 2.55. The number of aromatic nitrogens is 2. The molecule has 12 heavy (non-hydrogen) atoms. The summed E-state index contributed by atoms with van der Waals surface area (Å²) in [6.45, 7) is 0. The van der Waals surface area contributed by atoms with E-state index in [1.54, 1.807) is 6.07 Å². The molecule has 0 aliphatic rings. The maximum absolute atomic E-state index is 13.2. The molecule has 0 amide bonds. The summed E-state index contributed by atoms with van der Waals surface area (Å²) in [6, 6.07) is 4.90. The van der Waals surface area contributed by atoms with Crippen molar-refractivity contribution < 1.29 is 4.39 Å². The standard InChI is InChI=1S/C7H3BrFIN2/c8-12-5-3-1-2-4(9)6(5)7(10)11-12/h1-3H. The molecule has 0 aliphatic carbocycles. The van der Waals surface area contributed by atoms with Gasteiger partial charge in [0.05, 0.1) is 27.1 Å². The molecule has 0 saturated heterocycles. The zero-order chi connectivity index (χ0) is 8.72. The summed E-state index contributed by atoms with van der Waals surface area (Å²) in [6.07, 6.45) is 0. The Morgan fingerprint density at radius 3 is 2.92 bits per heavy atom. The third-order valence-electron chi connectivity index (χ3n) is 1.57. The molecular weight excluding hydrogens is 338 g/mol. The largest absolute Gasteiger partial charge is 0.206 e. The molecular formula is C7H3BrFIN2. The van der Waals surface area contributed by atoms with E-state index in [-0.39, 0.29) is 5.82 Å². The van der Waals surface area contributed by atoms with Crippen molar-refractivity contribution in [3.8, 4) is 0 Å². The van der Waals surface area contributed by atoms with Gasteiger partial charge in [-0.1, -0.05) is 6.07 Å². The van der Waals surface area contributed by atoms with Gasteiger partial charge in [-0.25, -0.2) is 4.39 Å². The minimum absolute atomic E-state index is 0.234. The van der Waals surface area contributed by atoms with E-state index < -0.39 is 0 Å². The Kier molecular flexibility index (Phi) is 2.07. The Labute approximate surface area is 90.2 Å². The van der Waals surface area contributed by atoms with Crippen LogP contribution >= 0.6 is 38.7 Å². The lowest BCUT2D eigenvalue weighted by molar-refractivity contribution is 0.639. The van der Waals surface area contributed by atoms with Crippen LogP contribution in [0.2, 0.25) is 0 Å². The molecule has 2 rings (SSSR count). The first-order valence-electron chi connectivity index (χ1n) is 3.19. The molecule has 0 saturated carbocycles. The topological polar surface area (TPSA) is 17.8 Å². The highest BCUT2D eigenvalue weighted by molar-refractivity contribution is 14.1. The van der Waals surface area contributed by atoms with Crippen LogP contribution in [0.25, 0.3) is 10.9 Å². The summed E-state index contributed by atoms with van der Waals surface area (Å²) in [5.41, 5.74) is 0.749. The molecule has 1 aromatic heterocycles. The van der Waals surface area contributed by atoms with Crippen LogP contribution in [0.15, 0.2) is 18.2 Å². The van der Waals surface area contributed by atoms with Gasteiger partial charge in [0.15, 0.2) is 0 Å². The van der Waals surface area contributed by atoms with Gasteiger partial charge in [0.2, 0.25) is 0 Å². The maximum atomic E-state index is 13.2. The molecule has 0 bridgehead atoms. The van der Waals surface area contributed by atoms with E-state index in [0.717, 1.165) is 5.52 Å². The Morgan fingerprint density at radius 1 is 1.50 bits per heavy atom. The Morgan fingerprint density at radius 2 is 2.25 bits per heavy atom. The van der Waals surface area contributed by atoms with Gasteiger partial charge in [0.1, 0.15) is 9.52 Å². The fraction of sp³-hybridized carbons (Fsp3) is 0. The maximum Gasteiger partial charge on any atom is 0.135 e. The molecule has 0 spiro atoms. The molecule has 0 radical (unpaired) electrons. The molecule has 5 heteroatoms. The van der Waals surface area contributed by atoms with E-state index in [1.807, 2.05) is 28.7 Å². The van der Waals surface area contributed by atoms with Gasteiger partial charge in [0, 0.05) is 0 Å². The number of nitrogens with zero attached hydrogens (tertiary/aromatic N) is 2. The Bertz CT molecular complexity index is 440. The highest BCUT2D eigenvalue weighted by Gasteiger charge is 2.10. The van der Waals surface area contributed by atoms with Crippen LogP contribution in [0.1, 0.15) is 0 Å². The van der Waals surface area contributed by atoms with Crippen molar-refractivity contribution in [1.29, 1.82) is 0 Å². The number of hydrogen-bond donors (Lipinski definition) is 0. The molecule has 1 aromatic carbocycles. The first-order chi connectivity index (χ1) is 5.70. The first-order valence-corrected chi connectivity index (χ1v) is 4.98. The van der Waals surface area contributed by atoms with Crippen LogP contribution in [0.5, 0.6) is 0 Å². The van der Waals surface area contributed by atoms with Crippen LogP contribution < -0.4 is 0 Å². The van der Waals surface area contributed by atoms with E-state index >= 15 is 0 Å². The molecule has 0 aliphatic heterocycles. The van der Waals surface area contributed by atoms with Gasteiger partial charge in [-0.3, -0.25) is 0 Å². The van der Waals surface area contributed by atoms with E-state index in [4.69, 9.17) is 0 Å². The zero-order valence-electron chi connectivity index (χ0n) is 5.76. The highest BCUT2D eigenvalue weighted by Crippen LogP contribution is 2.23. The second kappa shape index (κ2) is 2.95. The highest BCUT2D eigenvalue weighted by atomic mass is 127. The monoisotopic (exact) mass is 340 g/mol. The van der Waals surface area contributed by atoms with Crippen molar-refractivity contribution in [1.82, 2.24) is 8.81 Å². The Balaban J connectivity index is 2.99. The molecule has 1 heterocycles. The van der Waals surface area contributed by atoms with Crippen molar-refractivity contribution in [3.63, 3.8) is 0 Å². The molecule has 62 valence electrons. The van der Waals surface area contributed by atoms with Gasteiger partial charge in [0.25, 0.3) is 0 Å². The molecule has 0 N–H and O–H groups in total. The summed E-state index contributed by atoms with van der Waals surface area (Å²) in [5.74, 6) is -0.234. The van der Waals surface area contributed by atoms with Crippen molar-refractivity contribution >= 4 is 49.6 Å². The number of halogens is 3. The van der Waals surface area contributed by atoms with Crippen LogP contribution in [-0.2, 0) is 0 Å². The Hall–Kier alpha value is -0.170. The summed E-state index contributed by atoms with van der Waals surface area (Å²) in [7, 11) is 0. The minimum atomic E-state index is -0.234. The summed E-state index contributed by atoms with van der Waals surface area (Å²) >= 11 is 5.19.